The molecule has 0 amide bonds. The molecule has 0 fully saturated rings. The lowest BCUT2D eigenvalue weighted by Gasteiger charge is -2.15. The van der Waals surface area contributed by atoms with Gasteiger partial charge in [-0.2, -0.15) is 0 Å². The van der Waals surface area contributed by atoms with E-state index in [9.17, 15) is 5.11 Å². The molecule has 1 aromatic carbocycles. The largest absolute Gasteiger partial charge is 0.399 e. The maximum atomic E-state index is 9.27. The molecule has 0 radical (unpaired) electrons. The Morgan fingerprint density at radius 3 is 2.68 bits per heavy atom. The van der Waals surface area contributed by atoms with Crippen LogP contribution in [0.3, 0.4) is 0 Å². The molecule has 1 aromatic heterocycles. The van der Waals surface area contributed by atoms with Crippen LogP contribution in [0.1, 0.15) is 12.6 Å². The standard InChI is InChI=1S/C18H25N5O2/c1-12(11-24)21-17-10-16(13(2)20-8-9-25-3)22-18(23-17)14-4-6-15(19)7-5-14/h4-7,10,12,20,24H,2,8-9,11,19H2,1,3H3,(H,21,22,23)/t12-/m0/s1. The number of benzene rings is 1. The van der Waals surface area contributed by atoms with Gasteiger partial charge >= 0.3 is 0 Å². The van der Waals surface area contributed by atoms with Crippen molar-refractivity contribution in [1.82, 2.24) is 15.3 Å². The smallest absolute Gasteiger partial charge is 0.162 e. The number of aliphatic hydroxyl groups excluding tert-OH is 1. The van der Waals surface area contributed by atoms with Crippen LogP contribution in [0.5, 0.6) is 0 Å². The minimum absolute atomic E-state index is 0.00355. The van der Waals surface area contributed by atoms with Crippen molar-refractivity contribution in [2.24, 2.45) is 0 Å². The summed E-state index contributed by atoms with van der Waals surface area (Å²) in [4.78, 5) is 9.12. The Kier molecular flexibility index (Phi) is 6.73. The number of nitrogens with one attached hydrogen (secondary N) is 2. The van der Waals surface area contributed by atoms with Crippen molar-refractivity contribution in [3.63, 3.8) is 0 Å². The summed E-state index contributed by atoms with van der Waals surface area (Å²) in [6.07, 6.45) is 0. The molecule has 0 unspecified atom stereocenters. The van der Waals surface area contributed by atoms with Gasteiger partial charge < -0.3 is 26.2 Å². The summed E-state index contributed by atoms with van der Waals surface area (Å²) in [6.45, 7) is 7.11. The van der Waals surface area contributed by atoms with Crippen LogP contribution in [0.2, 0.25) is 0 Å². The second-order valence-corrected chi connectivity index (χ2v) is 5.71. The number of nitrogens with two attached hydrogens (primary N) is 1. The zero-order valence-electron chi connectivity index (χ0n) is 14.6. The highest BCUT2D eigenvalue weighted by Crippen LogP contribution is 2.21. The highest BCUT2D eigenvalue weighted by atomic mass is 16.5. The minimum atomic E-state index is -0.128. The zero-order chi connectivity index (χ0) is 18.2. The average molecular weight is 343 g/mol. The number of rotatable bonds is 9. The molecule has 25 heavy (non-hydrogen) atoms. The molecule has 0 saturated heterocycles. The van der Waals surface area contributed by atoms with Gasteiger partial charge in [0.25, 0.3) is 0 Å². The Hall–Kier alpha value is -2.64. The van der Waals surface area contributed by atoms with Gasteiger partial charge in [-0.3, -0.25) is 0 Å². The van der Waals surface area contributed by atoms with Crippen LogP contribution in [0.4, 0.5) is 11.5 Å². The van der Waals surface area contributed by atoms with E-state index in [0.717, 1.165) is 5.56 Å². The molecule has 5 N–H and O–H groups in total. The topological polar surface area (TPSA) is 105 Å². The maximum absolute atomic E-state index is 9.27. The number of methoxy groups -OCH3 is 1. The van der Waals surface area contributed by atoms with Gasteiger partial charge in [0.1, 0.15) is 5.82 Å². The number of aromatic nitrogens is 2. The van der Waals surface area contributed by atoms with Gasteiger partial charge in [0.05, 0.1) is 24.6 Å². The summed E-state index contributed by atoms with van der Waals surface area (Å²) < 4.78 is 5.03. The molecule has 7 nitrogen and oxygen atoms in total. The van der Waals surface area contributed by atoms with Crippen molar-refractivity contribution in [3.05, 3.63) is 42.6 Å². The number of hydrogen-bond acceptors (Lipinski definition) is 7. The molecular formula is C18H25N5O2. The number of hydrogen-bond donors (Lipinski definition) is 4. The van der Waals surface area contributed by atoms with Crippen LogP contribution in [-0.2, 0) is 4.74 Å². The number of aliphatic hydroxyl groups is 1. The van der Waals surface area contributed by atoms with Crippen molar-refractivity contribution < 1.29 is 9.84 Å². The van der Waals surface area contributed by atoms with Crippen LogP contribution in [0.15, 0.2) is 36.9 Å². The third-order valence-electron chi connectivity index (χ3n) is 3.52. The van der Waals surface area contributed by atoms with Crippen molar-refractivity contribution >= 4 is 17.2 Å². The highest BCUT2D eigenvalue weighted by molar-refractivity contribution is 5.66. The summed E-state index contributed by atoms with van der Waals surface area (Å²) in [5.41, 5.74) is 8.62. The molecule has 1 heterocycles. The van der Waals surface area contributed by atoms with E-state index in [-0.39, 0.29) is 12.6 Å². The molecule has 7 heteroatoms. The monoisotopic (exact) mass is 343 g/mol. The molecule has 2 aromatic rings. The summed E-state index contributed by atoms with van der Waals surface area (Å²) in [7, 11) is 1.65. The lowest BCUT2D eigenvalue weighted by atomic mass is 10.2. The van der Waals surface area contributed by atoms with Crippen molar-refractivity contribution in [3.8, 4) is 11.4 Å². The number of ether oxygens (including phenoxy) is 1. The van der Waals surface area contributed by atoms with Crippen LogP contribution >= 0.6 is 0 Å². The van der Waals surface area contributed by atoms with Crippen LogP contribution < -0.4 is 16.4 Å². The Labute approximate surface area is 148 Å². The summed E-state index contributed by atoms with van der Waals surface area (Å²) >= 11 is 0. The van der Waals surface area contributed by atoms with E-state index in [1.165, 1.54) is 0 Å². The Morgan fingerprint density at radius 1 is 1.32 bits per heavy atom. The Balaban J connectivity index is 2.34. The van der Waals surface area contributed by atoms with Crippen molar-refractivity contribution in [2.45, 2.75) is 13.0 Å². The molecule has 0 aliphatic heterocycles. The Bertz CT molecular complexity index is 703. The molecule has 0 bridgehead atoms. The molecule has 0 saturated carbocycles. The number of anilines is 2. The Morgan fingerprint density at radius 2 is 2.04 bits per heavy atom. The third kappa shape index (κ3) is 5.44. The molecule has 134 valence electrons. The van der Waals surface area contributed by atoms with Crippen LogP contribution in [0, 0.1) is 0 Å². The maximum Gasteiger partial charge on any atom is 0.162 e. The molecule has 1 atom stereocenters. The van der Waals surface area contributed by atoms with Crippen molar-refractivity contribution in [1.29, 1.82) is 0 Å². The highest BCUT2D eigenvalue weighted by Gasteiger charge is 2.11. The lowest BCUT2D eigenvalue weighted by Crippen LogP contribution is -2.21. The number of nitrogens with zero attached hydrogens (tertiary/aromatic N) is 2. The van der Waals surface area contributed by atoms with E-state index in [2.05, 4.69) is 27.2 Å². The first-order valence-corrected chi connectivity index (χ1v) is 8.08. The van der Waals surface area contributed by atoms with E-state index in [4.69, 9.17) is 10.5 Å². The average Bonchev–Trinajstić information content (AvgIpc) is 2.62. The first-order chi connectivity index (χ1) is 12.0. The molecule has 0 aliphatic carbocycles. The first-order valence-electron chi connectivity index (χ1n) is 8.08. The van der Waals surface area contributed by atoms with Gasteiger partial charge in [0.2, 0.25) is 0 Å². The van der Waals surface area contributed by atoms with E-state index in [1.54, 1.807) is 25.3 Å². The third-order valence-corrected chi connectivity index (χ3v) is 3.52. The van der Waals surface area contributed by atoms with Gasteiger partial charge in [-0.05, 0) is 31.2 Å². The van der Waals surface area contributed by atoms with Gasteiger partial charge in [-0.25, -0.2) is 9.97 Å². The fraction of sp³-hybridized carbons (Fsp3) is 0.333. The molecule has 0 spiro atoms. The second-order valence-electron chi connectivity index (χ2n) is 5.71. The van der Waals surface area contributed by atoms with Crippen LogP contribution in [-0.4, -0.2) is 48.0 Å². The first kappa shape index (κ1) is 18.7. The van der Waals surface area contributed by atoms with E-state index in [1.807, 2.05) is 19.1 Å². The summed E-state index contributed by atoms with van der Waals surface area (Å²) in [5, 5.41) is 15.6. The zero-order valence-corrected chi connectivity index (χ0v) is 14.6. The van der Waals surface area contributed by atoms with Crippen LogP contribution in [0.25, 0.3) is 17.1 Å². The number of nitrogen functional groups attached to an aromatic ring is 1. The molecule has 0 aliphatic rings. The van der Waals surface area contributed by atoms with E-state index in [0.29, 0.717) is 41.9 Å². The fourth-order valence-electron chi connectivity index (χ4n) is 2.13. The van der Waals surface area contributed by atoms with Gasteiger partial charge in [-0.1, -0.05) is 6.58 Å². The quantitative estimate of drug-likeness (QED) is 0.406. The second kappa shape index (κ2) is 9.00. The van der Waals surface area contributed by atoms with E-state index >= 15 is 0 Å². The van der Waals surface area contributed by atoms with Gasteiger partial charge in [-0.15, -0.1) is 0 Å². The van der Waals surface area contributed by atoms with Crippen molar-refractivity contribution in [2.75, 3.05) is 37.9 Å². The van der Waals surface area contributed by atoms with Gasteiger partial charge in [0, 0.05) is 37.0 Å². The normalized spacial score (nSPS) is 11.8. The summed E-state index contributed by atoms with van der Waals surface area (Å²) in [5.74, 6) is 1.17. The lowest BCUT2D eigenvalue weighted by molar-refractivity contribution is 0.203. The SMILES string of the molecule is C=C(NCCOC)c1cc(N[C@@H](C)CO)nc(-c2ccc(N)cc2)n1. The van der Waals surface area contributed by atoms with E-state index < -0.39 is 0 Å². The predicted molar refractivity (Wildman–Crippen MR) is 101 cm³/mol. The molecular weight excluding hydrogens is 318 g/mol. The molecule has 2 rings (SSSR count). The summed E-state index contributed by atoms with van der Waals surface area (Å²) in [6, 6.07) is 9.02. The minimum Gasteiger partial charge on any atom is -0.399 e. The predicted octanol–water partition coefficient (Wildman–Crippen LogP) is 1.73. The fourth-order valence-corrected chi connectivity index (χ4v) is 2.13. The van der Waals surface area contributed by atoms with Gasteiger partial charge in [0.15, 0.2) is 5.82 Å².